The van der Waals surface area contributed by atoms with Gasteiger partial charge in [0.1, 0.15) is 17.1 Å². The topological polar surface area (TPSA) is 135 Å². The van der Waals surface area contributed by atoms with Crippen molar-refractivity contribution in [1.29, 1.82) is 0 Å². The monoisotopic (exact) mass is 686 g/mol. The third kappa shape index (κ3) is 9.55. The number of carbonyl (C=O) groups excluding carboxylic acids is 3. The van der Waals surface area contributed by atoms with Gasteiger partial charge < -0.3 is 14.2 Å². The first-order chi connectivity index (χ1) is 21.5. The first-order valence-corrected chi connectivity index (χ1v) is 14.1. The molecule has 0 spiro atoms. The summed E-state index contributed by atoms with van der Waals surface area (Å²) in [6.07, 6.45) is -4.61. The third-order valence-corrected chi connectivity index (χ3v) is 6.82. The van der Waals surface area contributed by atoms with Crippen molar-refractivity contribution < 1.29 is 51.5 Å². The first kappa shape index (κ1) is 36.1. The van der Waals surface area contributed by atoms with Crippen LogP contribution >= 0.6 is 23.2 Å². The molecule has 3 aromatic rings. The van der Waals surface area contributed by atoms with Crippen molar-refractivity contribution in [3.63, 3.8) is 0 Å². The highest BCUT2D eigenvalue weighted by molar-refractivity contribution is 6.32. The van der Waals surface area contributed by atoms with Gasteiger partial charge in [-0.15, -0.1) is 0 Å². The van der Waals surface area contributed by atoms with Gasteiger partial charge in [-0.2, -0.15) is 13.2 Å². The van der Waals surface area contributed by atoms with Crippen LogP contribution in [0.5, 0.6) is 11.5 Å². The van der Waals surface area contributed by atoms with Crippen LogP contribution in [-0.4, -0.2) is 47.7 Å². The van der Waals surface area contributed by atoms with Gasteiger partial charge in [-0.1, -0.05) is 41.4 Å². The van der Waals surface area contributed by atoms with Gasteiger partial charge in [0.2, 0.25) is 0 Å². The maximum absolute atomic E-state index is 12.7. The van der Waals surface area contributed by atoms with Crippen LogP contribution in [0.25, 0.3) is 0 Å². The van der Waals surface area contributed by atoms with E-state index in [1.165, 1.54) is 12.0 Å². The van der Waals surface area contributed by atoms with E-state index in [1.54, 1.807) is 0 Å². The van der Waals surface area contributed by atoms with Crippen molar-refractivity contribution in [2.45, 2.75) is 33.5 Å². The van der Waals surface area contributed by atoms with Crippen LogP contribution in [0.1, 0.15) is 42.3 Å². The molecule has 0 aliphatic carbocycles. The number of alkyl halides is 3. The molecule has 0 bridgehead atoms. The average molecular weight is 687 g/mol. The van der Waals surface area contributed by atoms with Crippen molar-refractivity contribution >= 4 is 46.7 Å². The lowest BCUT2D eigenvalue weighted by Gasteiger charge is -2.16. The van der Waals surface area contributed by atoms with Gasteiger partial charge in [0.05, 0.1) is 40.7 Å². The van der Waals surface area contributed by atoms with E-state index in [1.807, 2.05) is 38.1 Å². The number of nitro benzene ring substituents is 1. The van der Waals surface area contributed by atoms with Crippen molar-refractivity contribution in [2.75, 3.05) is 19.8 Å². The quantitative estimate of drug-likeness (QED) is 0.128. The van der Waals surface area contributed by atoms with Crippen LogP contribution in [0.2, 0.25) is 10.0 Å². The van der Waals surface area contributed by atoms with Crippen LogP contribution in [-0.2, 0) is 36.6 Å². The summed E-state index contributed by atoms with van der Waals surface area (Å²) in [5.41, 5.74) is -1.69. The van der Waals surface area contributed by atoms with E-state index in [4.69, 9.17) is 37.5 Å². The van der Waals surface area contributed by atoms with E-state index in [2.05, 4.69) is 4.74 Å². The Morgan fingerprint density at radius 3 is 2.30 bits per heavy atom. The molecular weight excluding hydrogens is 660 g/mol. The van der Waals surface area contributed by atoms with Crippen molar-refractivity contribution in [2.24, 2.45) is 5.41 Å². The molecule has 0 radical (unpaired) electrons. The third-order valence-electron chi connectivity index (χ3n) is 6.16. The van der Waals surface area contributed by atoms with E-state index < -0.39 is 51.9 Å². The Hall–Kier alpha value is -4.40. The number of amides is 1. The molecule has 46 heavy (non-hydrogen) atoms. The Balaban J connectivity index is 0.000000300. The van der Waals surface area contributed by atoms with E-state index in [0.29, 0.717) is 24.2 Å². The number of benzene rings is 3. The Kier molecular flexibility index (Phi) is 12.0. The van der Waals surface area contributed by atoms with E-state index in [0.717, 1.165) is 35.9 Å². The standard InChI is InChI=1S/C18H13ClF3NO7.C12H14ClNO2/c1-2-28-16(24)9-29-17(25)12-8-11(4-5-14(12)23(26)27)30-15-6-3-10(7-13(15)19)18(20,21)22;1-12(2)8-16-14(11(12)15)7-9-5-3-4-6-10(9)13/h3-8H,2,9H2,1H3;3-6H,7-8H2,1-2H3. The summed E-state index contributed by atoms with van der Waals surface area (Å²) < 4.78 is 52.8. The molecule has 246 valence electrons. The SMILES string of the molecule is CC1(C)CON(Cc2ccccc2Cl)C1=O.CCOC(=O)COC(=O)c1cc(Oc2ccc(C(F)(F)F)cc2Cl)ccc1[N+](=O)[O-]. The zero-order valence-corrected chi connectivity index (χ0v) is 26.1. The Morgan fingerprint density at radius 2 is 1.74 bits per heavy atom. The van der Waals surface area contributed by atoms with Gasteiger partial charge in [0.25, 0.3) is 11.6 Å². The highest BCUT2D eigenvalue weighted by atomic mass is 35.5. The fraction of sp³-hybridized carbons (Fsp3) is 0.300. The number of halogens is 5. The second kappa shape index (κ2) is 15.3. The molecule has 0 N–H and O–H groups in total. The summed E-state index contributed by atoms with van der Waals surface area (Å²) in [5, 5.41) is 12.8. The lowest BCUT2D eigenvalue weighted by atomic mass is 9.95. The number of hydrogen-bond acceptors (Lipinski definition) is 9. The molecule has 4 rings (SSSR count). The van der Waals surface area contributed by atoms with Crippen LogP contribution < -0.4 is 4.74 Å². The largest absolute Gasteiger partial charge is 0.463 e. The van der Waals surface area contributed by atoms with Crippen molar-refractivity contribution in [1.82, 2.24) is 5.06 Å². The van der Waals surface area contributed by atoms with Crippen molar-refractivity contribution in [3.05, 3.63) is 97.5 Å². The first-order valence-electron chi connectivity index (χ1n) is 13.4. The molecule has 1 saturated heterocycles. The molecular formula is C30H27Cl2F3N2O9. The summed E-state index contributed by atoms with van der Waals surface area (Å²) in [4.78, 5) is 51.0. The lowest BCUT2D eigenvalue weighted by Crippen LogP contribution is -2.30. The molecule has 0 saturated carbocycles. The zero-order chi connectivity index (χ0) is 34.2. The second-order valence-electron chi connectivity index (χ2n) is 10.2. The van der Waals surface area contributed by atoms with Gasteiger partial charge in [-0.3, -0.25) is 19.7 Å². The fourth-order valence-corrected chi connectivity index (χ4v) is 4.20. The minimum atomic E-state index is -4.61. The van der Waals surface area contributed by atoms with Crippen LogP contribution in [0.3, 0.4) is 0 Å². The van der Waals surface area contributed by atoms with Gasteiger partial charge in [0, 0.05) is 17.2 Å². The minimum Gasteiger partial charge on any atom is -0.463 e. The number of ether oxygens (including phenoxy) is 3. The van der Waals surface area contributed by atoms with Crippen LogP contribution in [0, 0.1) is 15.5 Å². The lowest BCUT2D eigenvalue weighted by molar-refractivity contribution is -0.385. The summed E-state index contributed by atoms with van der Waals surface area (Å²) in [7, 11) is 0. The predicted octanol–water partition coefficient (Wildman–Crippen LogP) is 7.42. The molecule has 16 heteroatoms. The normalized spacial score (nSPS) is 13.8. The zero-order valence-electron chi connectivity index (χ0n) is 24.6. The number of rotatable bonds is 9. The summed E-state index contributed by atoms with van der Waals surface area (Å²) in [6, 6.07) is 12.8. The summed E-state index contributed by atoms with van der Waals surface area (Å²) in [5.74, 6) is -2.35. The van der Waals surface area contributed by atoms with E-state index in [-0.39, 0.29) is 29.0 Å². The maximum atomic E-state index is 12.7. The smallest absolute Gasteiger partial charge is 0.416 e. The van der Waals surface area contributed by atoms with Crippen molar-refractivity contribution in [3.8, 4) is 11.5 Å². The number of nitro groups is 1. The van der Waals surface area contributed by atoms with Gasteiger partial charge in [0.15, 0.2) is 6.61 Å². The molecule has 0 atom stereocenters. The molecule has 0 aromatic heterocycles. The second-order valence-corrected chi connectivity index (χ2v) is 11.0. The maximum Gasteiger partial charge on any atom is 0.416 e. The number of esters is 2. The molecule has 1 fully saturated rings. The van der Waals surface area contributed by atoms with Gasteiger partial charge in [-0.05, 0) is 56.7 Å². The predicted molar refractivity (Wildman–Crippen MR) is 158 cm³/mol. The minimum absolute atomic E-state index is 0.00687. The van der Waals surface area contributed by atoms with Crippen LogP contribution in [0.15, 0.2) is 60.7 Å². The molecule has 3 aromatic carbocycles. The van der Waals surface area contributed by atoms with Gasteiger partial charge >= 0.3 is 18.1 Å². The Labute approximate surface area is 270 Å². The average Bonchev–Trinajstić information content (AvgIpc) is 3.24. The van der Waals surface area contributed by atoms with Gasteiger partial charge in [-0.25, -0.2) is 14.7 Å². The highest BCUT2D eigenvalue weighted by Gasteiger charge is 2.40. The number of hydrogen-bond donors (Lipinski definition) is 0. The molecule has 1 aliphatic rings. The molecule has 1 amide bonds. The number of carbonyl (C=O) groups is 3. The Morgan fingerprint density at radius 1 is 1.04 bits per heavy atom. The molecule has 0 unspecified atom stereocenters. The van der Waals surface area contributed by atoms with Crippen LogP contribution in [0.4, 0.5) is 18.9 Å². The number of nitrogens with zero attached hydrogens (tertiary/aromatic N) is 2. The number of hydroxylamine groups is 2. The fourth-order valence-electron chi connectivity index (χ4n) is 3.79. The summed E-state index contributed by atoms with van der Waals surface area (Å²) in [6.45, 7) is 5.41. The highest BCUT2D eigenvalue weighted by Crippen LogP contribution is 2.37. The molecule has 1 aliphatic heterocycles. The molecule has 11 nitrogen and oxygen atoms in total. The van der Waals surface area contributed by atoms with E-state index >= 15 is 0 Å². The summed E-state index contributed by atoms with van der Waals surface area (Å²) >= 11 is 11.8. The van der Waals surface area contributed by atoms with E-state index in [9.17, 15) is 37.7 Å². The Bertz CT molecular complexity index is 1620. The molecule has 1 heterocycles.